The van der Waals surface area contributed by atoms with Gasteiger partial charge in [-0.3, -0.25) is 18.2 Å². The van der Waals surface area contributed by atoms with Gasteiger partial charge in [0.1, 0.15) is 26.3 Å². The third kappa shape index (κ3) is 11.5. The topological polar surface area (TPSA) is 376 Å². The Kier molecular flexibility index (Phi) is 13.9. The van der Waals surface area contributed by atoms with E-state index in [1.807, 2.05) is 0 Å². The second-order valence-electron chi connectivity index (χ2n) is 13.2. The van der Waals surface area contributed by atoms with E-state index in [9.17, 15) is 78.9 Å². The Bertz CT molecular complexity index is 3420. The first kappa shape index (κ1) is 49.3. The molecule has 0 atom stereocenters. The molecule has 0 spiro atoms. The lowest BCUT2D eigenvalue weighted by Crippen LogP contribution is -2.08. The molecule has 0 heterocycles. The average Bonchev–Trinajstić information content (AvgIpc) is 3.21. The number of nitrogens with zero attached hydrogens (tertiary/aromatic N) is 4. The SMILES string of the molecule is O=S(=O)(O)c1ccc2c(N=Nc3ccc(S(=O)(=O)CCSSCS(=O)(=O)c4ccc(N=Nc5c(O)c(S(=O)(=O)O)cc6cc(S(=O)(=O)O)ccc56)cc4)cc3)c(O)c(S(=O)(=O)O)cc2c1. The molecule has 0 fully saturated rings. The molecule has 0 unspecified atom stereocenters. The van der Waals surface area contributed by atoms with Gasteiger partial charge in [-0.25, -0.2) is 16.8 Å². The molecule has 0 radical (unpaired) electrons. The van der Waals surface area contributed by atoms with Crippen LogP contribution >= 0.6 is 21.6 Å². The molecule has 6 rings (SSSR count). The smallest absolute Gasteiger partial charge is 0.298 e. The van der Waals surface area contributed by atoms with Gasteiger partial charge in [0.05, 0.1) is 36.7 Å². The summed E-state index contributed by atoms with van der Waals surface area (Å²) < 4.78 is 184. The van der Waals surface area contributed by atoms with E-state index in [0.717, 1.165) is 70.1 Å². The van der Waals surface area contributed by atoms with Crippen molar-refractivity contribution in [2.75, 3.05) is 16.6 Å². The van der Waals surface area contributed by atoms with Crippen molar-refractivity contribution in [2.24, 2.45) is 20.5 Å². The van der Waals surface area contributed by atoms with Crippen LogP contribution in [0.15, 0.2) is 147 Å². The summed E-state index contributed by atoms with van der Waals surface area (Å²) >= 11 is 0. The summed E-state index contributed by atoms with van der Waals surface area (Å²) in [7, 11) is -25.6. The van der Waals surface area contributed by atoms with Crippen LogP contribution in [0.3, 0.4) is 0 Å². The first-order chi connectivity index (χ1) is 30.1. The lowest BCUT2D eigenvalue weighted by molar-refractivity contribution is 0.443. The zero-order chi connectivity index (χ0) is 47.9. The lowest BCUT2D eigenvalue weighted by atomic mass is 10.1. The van der Waals surface area contributed by atoms with E-state index < -0.39 is 113 Å². The lowest BCUT2D eigenvalue weighted by Gasteiger charge is -2.09. The Morgan fingerprint density at radius 1 is 0.415 bits per heavy atom. The fourth-order valence-corrected chi connectivity index (χ4v) is 14.6. The van der Waals surface area contributed by atoms with Gasteiger partial charge in [-0.05, 0) is 95.7 Å². The molecule has 344 valence electrons. The largest absolute Gasteiger partial charge is 0.504 e. The van der Waals surface area contributed by atoms with Crippen molar-refractivity contribution in [3.8, 4) is 11.5 Å². The number of aromatic hydroxyl groups is 2. The maximum absolute atomic E-state index is 13.0. The fourth-order valence-electron chi connectivity index (χ4n) is 5.72. The highest BCUT2D eigenvalue weighted by Gasteiger charge is 2.25. The number of hydrogen-bond donors (Lipinski definition) is 6. The number of benzene rings is 6. The number of sulfone groups is 2. The highest BCUT2D eigenvalue weighted by atomic mass is 33.1. The molecular formula is C35H28N4O18S8. The number of azo groups is 2. The van der Waals surface area contributed by atoms with Gasteiger partial charge in [0.25, 0.3) is 40.5 Å². The first-order valence-electron chi connectivity index (χ1n) is 17.3. The second-order valence-corrected chi connectivity index (χ2v) is 25.9. The van der Waals surface area contributed by atoms with Gasteiger partial charge in [0.15, 0.2) is 31.2 Å². The molecular weight excluding hydrogens is 1020 g/mol. The van der Waals surface area contributed by atoms with E-state index in [2.05, 4.69) is 20.5 Å². The molecule has 0 aliphatic heterocycles. The summed E-state index contributed by atoms with van der Waals surface area (Å²) in [5.41, 5.74) is -0.974. The third-order valence-electron chi connectivity index (χ3n) is 8.84. The fraction of sp³-hybridized carbons (Fsp3) is 0.0857. The molecule has 0 aliphatic carbocycles. The predicted molar refractivity (Wildman–Crippen MR) is 236 cm³/mol. The van der Waals surface area contributed by atoms with E-state index >= 15 is 0 Å². The molecule has 65 heavy (non-hydrogen) atoms. The molecule has 0 saturated heterocycles. The molecule has 0 amide bonds. The summed E-state index contributed by atoms with van der Waals surface area (Å²) in [5.74, 6) is -2.53. The first-order valence-corrected chi connectivity index (χ1v) is 28.8. The average molecular weight is 1050 g/mol. The quantitative estimate of drug-likeness (QED) is 0.0251. The maximum atomic E-state index is 13.0. The van der Waals surface area contributed by atoms with Crippen molar-refractivity contribution in [3.05, 3.63) is 97.1 Å². The van der Waals surface area contributed by atoms with Crippen molar-refractivity contribution in [1.82, 2.24) is 0 Å². The van der Waals surface area contributed by atoms with Gasteiger partial charge >= 0.3 is 0 Å². The molecule has 6 aromatic carbocycles. The number of phenols is 2. The van der Waals surface area contributed by atoms with Crippen LogP contribution < -0.4 is 0 Å². The van der Waals surface area contributed by atoms with Gasteiger partial charge in [-0.1, -0.05) is 33.7 Å². The van der Waals surface area contributed by atoms with E-state index in [1.54, 1.807) is 0 Å². The highest BCUT2D eigenvalue weighted by molar-refractivity contribution is 8.78. The van der Waals surface area contributed by atoms with E-state index in [1.165, 1.54) is 48.5 Å². The predicted octanol–water partition coefficient (Wildman–Crippen LogP) is 6.81. The summed E-state index contributed by atoms with van der Waals surface area (Å²) in [6, 6.07) is 17.0. The molecule has 6 aromatic rings. The Labute approximate surface area is 377 Å². The summed E-state index contributed by atoms with van der Waals surface area (Å²) in [5, 5.41) is 35.8. The summed E-state index contributed by atoms with van der Waals surface area (Å²) in [4.78, 5) is -3.62. The number of phenolic OH excluding ortho intramolecular Hbond substituents is 2. The standard InChI is InChI=1S/C35H28N4O18S8/c40-34-30(64(52,53)54)17-20-15-26(62(46,47)48)9-11-28(20)32(34)38-36-22-1-5-24(6-2-22)60(42,43)14-13-58-59-19-61(44,45)25-7-3-23(4-8-25)37-39-33-29-12-10-27(63(49,50)51)16-21(29)18-31(35(33)41)65(55,56)57/h1-12,15-18,40-41H,13-14,19H2,(H,46,47,48)(H,49,50,51)(H,52,53,54)(H,55,56,57). The van der Waals surface area contributed by atoms with Crippen molar-refractivity contribution >= 4 is 126 Å². The van der Waals surface area contributed by atoms with Crippen LogP contribution in [0, 0.1) is 0 Å². The Hall–Kier alpha value is -5.12. The Morgan fingerprint density at radius 2 is 0.785 bits per heavy atom. The molecule has 22 nitrogen and oxygen atoms in total. The third-order valence-corrected chi connectivity index (χ3v) is 19.3. The molecule has 0 aromatic heterocycles. The van der Waals surface area contributed by atoms with Gasteiger partial charge in [0.2, 0.25) is 0 Å². The summed E-state index contributed by atoms with van der Waals surface area (Å²) in [6.45, 7) is 0. The number of rotatable bonds is 16. The minimum atomic E-state index is -5.07. The highest BCUT2D eigenvalue weighted by Crippen LogP contribution is 2.43. The zero-order valence-corrected chi connectivity index (χ0v) is 38.5. The number of hydrogen-bond acceptors (Lipinski definition) is 20. The second kappa shape index (κ2) is 18.3. The van der Waals surface area contributed by atoms with Gasteiger partial charge in [0, 0.05) is 16.5 Å². The van der Waals surface area contributed by atoms with Crippen molar-refractivity contribution in [2.45, 2.75) is 29.4 Å². The molecule has 0 aliphatic rings. The molecule has 0 bridgehead atoms. The maximum Gasteiger partial charge on any atom is 0.298 e. The Morgan fingerprint density at radius 3 is 1.15 bits per heavy atom. The minimum Gasteiger partial charge on any atom is -0.504 e. The van der Waals surface area contributed by atoms with Crippen molar-refractivity contribution in [1.29, 1.82) is 0 Å². The van der Waals surface area contributed by atoms with Gasteiger partial charge < -0.3 is 10.2 Å². The number of fused-ring (bicyclic) bond motifs is 2. The molecule has 6 N–H and O–H groups in total. The van der Waals surface area contributed by atoms with E-state index in [-0.39, 0.29) is 48.5 Å². The van der Waals surface area contributed by atoms with Crippen LogP contribution in [0.2, 0.25) is 0 Å². The van der Waals surface area contributed by atoms with Crippen LogP contribution in [0.25, 0.3) is 21.5 Å². The molecule has 30 heteroatoms. The minimum absolute atomic E-state index is 0.0178. The monoisotopic (exact) mass is 1050 g/mol. The van der Waals surface area contributed by atoms with E-state index in [0.29, 0.717) is 0 Å². The van der Waals surface area contributed by atoms with Crippen LogP contribution in [0.5, 0.6) is 11.5 Å². The molecule has 0 saturated carbocycles. The van der Waals surface area contributed by atoms with E-state index in [4.69, 9.17) is 0 Å². The summed E-state index contributed by atoms with van der Waals surface area (Å²) in [6.07, 6.45) is 0. The zero-order valence-electron chi connectivity index (χ0n) is 32.0. The van der Waals surface area contributed by atoms with Crippen molar-refractivity contribution < 1.29 is 78.9 Å². The normalized spacial score (nSPS) is 13.4. The van der Waals surface area contributed by atoms with Crippen LogP contribution in [-0.2, 0) is 60.1 Å². The van der Waals surface area contributed by atoms with Crippen LogP contribution in [0.4, 0.5) is 22.7 Å². The van der Waals surface area contributed by atoms with Crippen molar-refractivity contribution in [3.63, 3.8) is 0 Å². The Balaban J connectivity index is 1.08. The van der Waals surface area contributed by atoms with Gasteiger partial charge in [-0.2, -0.15) is 43.9 Å². The van der Waals surface area contributed by atoms with Crippen LogP contribution in [0.1, 0.15) is 0 Å². The van der Waals surface area contributed by atoms with Crippen LogP contribution in [-0.4, -0.2) is 95.5 Å². The van der Waals surface area contributed by atoms with Gasteiger partial charge in [-0.15, -0.1) is 10.2 Å².